The van der Waals surface area contributed by atoms with Gasteiger partial charge in [-0.05, 0) is 34.7 Å². The van der Waals surface area contributed by atoms with Gasteiger partial charge < -0.3 is 0 Å². The molecule has 2 aromatic rings. The first-order chi connectivity index (χ1) is 9.09. The molecule has 0 aliphatic heterocycles. The normalized spacial score (nSPS) is 11.9. The van der Waals surface area contributed by atoms with E-state index >= 15 is 0 Å². The molecule has 0 radical (unpaired) electrons. The maximum absolute atomic E-state index is 12.3. The van der Waals surface area contributed by atoms with Gasteiger partial charge in [0.15, 0.2) is 0 Å². The highest BCUT2D eigenvalue weighted by Gasteiger charge is 2.21. The van der Waals surface area contributed by atoms with Crippen LogP contribution in [0.2, 0.25) is 0 Å². The molecule has 19 heavy (non-hydrogen) atoms. The fourth-order valence-electron chi connectivity index (χ4n) is 1.76. The first kappa shape index (κ1) is 13.6. The number of rotatable bonds is 5. The van der Waals surface area contributed by atoms with Gasteiger partial charge in [0.1, 0.15) is 6.33 Å². The molecule has 102 valence electrons. The molecule has 0 amide bonds. The van der Waals surface area contributed by atoms with Gasteiger partial charge in [0.05, 0.1) is 10.6 Å². The van der Waals surface area contributed by atoms with Crippen molar-refractivity contribution in [2.24, 2.45) is 0 Å². The van der Waals surface area contributed by atoms with E-state index in [1.54, 1.807) is 24.3 Å². The lowest BCUT2D eigenvalue weighted by molar-refractivity contribution is 0.445. The van der Waals surface area contributed by atoms with Gasteiger partial charge in [-0.2, -0.15) is 4.31 Å². The molecule has 0 unspecified atom stereocenters. The summed E-state index contributed by atoms with van der Waals surface area (Å²) in [7, 11) is -3.41. The van der Waals surface area contributed by atoms with Crippen LogP contribution < -0.4 is 0 Å². The molecular weight excluding hydrogens is 266 g/mol. The number of sulfonamides is 1. The average molecular weight is 281 g/mol. The summed E-state index contributed by atoms with van der Waals surface area (Å²) in [5.41, 5.74) is 0.712. The van der Waals surface area contributed by atoms with E-state index in [2.05, 4.69) is 15.5 Å². The molecule has 0 atom stereocenters. The second-order valence-electron chi connectivity index (χ2n) is 3.84. The fraction of sp³-hybridized carbons (Fsp3) is 0.364. The van der Waals surface area contributed by atoms with Crippen LogP contribution >= 0.6 is 0 Å². The smallest absolute Gasteiger partial charge is 0.207 e. The second kappa shape index (κ2) is 5.45. The standard InChI is InChI=1S/C11H15N5O2S/c1-3-15(4-2)19(17,18)11-7-5-10(6-8-11)16-9-12-13-14-16/h5-9H,3-4H2,1-2H3. The van der Waals surface area contributed by atoms with Gasteiger partial charge in [0.25, 0.3) is 0 Å². The van der Waals surface area contributed by atoms with Crippen LogP contribution in [0.4, 0.5) is 0 Å². The summed E-state index contributed by atoms with van der Waals surface area (Å²) in [6, 6.07) is 6.47. The van der Waals surface area contributed by atoms with Crippen LogP contribution in [0.15, 0.2) is 35.5 Å². The Kier molecular flexibility index (Phi) is 3.91. The molecule has 1 aromatic heterocycles. The SMILES string of the molecule is CCN(CC)S(=O)(=O)c1ccc(-n2cnnn2)cc1. The topological polar surface area (TPSA) is 81.0 Å². The third-order valence-electron chi connectivity index (χ3n) is 2.79. The first-order valence-corrected chi connectivity index (χ1v) is 7.37. The number of tetrazole rings is 1. The van der Waals surface area contributed by atoms with E-state index in [1.807, 2.05) is 13.8 Å². The van der Waals surface area contributed by atoms with Crippen molar-refractivity contribution < 1.29 is 8.42 Å². The minimum atomic E-state index is -3.41. The summed E-state index contributed by atoms with van der Waals surface area (Å²) in [4.78, 5) is 0.271. The number of hydrogen-bond acceptors (Lipinski definition) is 5. The monoisotopic (exact) mass is 281 g/mol. The van der Waals surface area contributed by atoms with Crippen molar-refractivity contribution in [3.63, 3.8) is 0 Å². The molecule has 0 aliphatic rings. The summed E-state index contributed by atoms with van der Waals surface area (Å²) in [5.74, 6) is 0. The van der Waals surface area contributed by atoms with Crippen LogP contribution in [0.5, 0.6) is 0 Å². The lowest BCUT2D eigenvalue weighted by atomic mass is 10.3. The summed E-state index contributed by atoms with van der Waals surface area (Å²) in [6.45, 7) is 4.54. The van der Waals surface area contributed by atoms with Crippen LogP contribution in [-0.2, 0) is 10.0 Å². The van der Waals surface area contributed by atoms with Crippen molar-refractivity contribution in [3.8, 4) is 5.69 Å². The molecule has 8 heteroatoms. The number of hydrogen-bond donors (Lipinski definition) is 0. The minimum absolute atomic E-state index is 0.271. The van der Waals surface area contributed by atoms with Crippen molar-refractivity contribution in [2.45, 2.75) is 18.7 Å². The van der Waals surface area contributed by atoms with E-state index in [9.17, 15) is 8.42 Å². The van der Waals surface area contributed by atoms with E-state index in [1.165, 1.54) is 15.3 Å². The summed E-state index contributed by atoms with van der Waals surface area (Å²) in [5, 5.41) is 10.8. The Bertz CT molecular complexity index is 618. The summed E-state index contributed by atoms with van der Waals surface area (Å²) >= 11 is 0. The van der Waals surface area contributed by atoms with E-state index in [4.69, 9.17) is 0 Å². The van der Waals surface area contributed by atoms with Crippen molar-refractivity contribution in [2.75, 3.05) is 13.1 Å². The Hall–Kier alpha value is -1.80. The Morgan fingerprint density at radius 3 is 2.26 bits per heavy atom. The van der Waals surface area contributed by atoms with Crippen molar-refractivity contribution >= 4 is 10.0 Å². The highest BCUT2D eigenvalue weighted by atomic mass is 32.2. The lowest BCUT2D eigenvalue weighted by Gasteiger charge is -2.18. The molecule has 0 aliphatic carbocycles. The predicted molar refractivity (Wildman–Crippen MR) is 69.3 cm³/mol. The summed E-state index contributed by atoms with van der Waals surface area (Å²) < 4.78 is 27.4. The fourth-order valence-corrected chi connectivity index (χ4v) is 3.22. The largest absolute Gasteiger partial charge is 0.243 e. The van der Waals surface area contributed by atoms with Crippen molar-refractivity contribution in [1.82, 2.24) is 24.5 Å². The highest BCUT2D eigenvalue weighted by molar-refractivity contribution is 7.89. The molecule has 0 saturated heterocycles. The van der Waals surface area contributed by atoms with Gasteiger partial charge in [0.2, 0.25) is 10.0 Å². The van der Waals surface area contributed by atoms with Crippen molar-refractivity contribution in [3.05, 3.63) is 30.6 Å². The van der Waals surface area contributed by atoms with Crippen LogP contribution in [0, 0.1) is 0 Å². The predicted octanol–water partition coefficient (Wildman–Crippen LogP) is 0.693. The average Bonchev–Trinajstić information content (AvgIpc) is 2.94. The zero-order valence-electron chi connectivity index (χ0n) is 10.8. The van der Waals surface area contributed by atoms with Crippen LogP contribution in [0.25, 0.3) is 5.69 Å². The highest BCUT2D eigenvalue weighted by Crippen LogP contribution is 2.17. The zero-order chi connectivity index (χ0) is 13.9. The maximum atomic E-state index is 12.3. The van der Waals surface area contributed by atoms with Gasteiger partial charge in [-0.25, -0.2) is 13.1 Å². The van der Waals surface area contributed by atoms with Crippen LogP contribution in [-0.4, -0.2) is 46.0 Å². The molecule has 0 fully saturated rings. The maximum Gasteiger partial charge on any atom is 0.243 e. The Balaban J connectivity index is 2.33. The minimum Gasteiger partial charge on any atom is -0.207 e. The van der Waals surface area contributed by atoms with E-state index in [0.717, 1.165) is 0 Å². The molecule has 7 nitrogen and oxygen atoms in total. The first-order valence-electron chi connectivity index (χ1n) is 5.93. The molecule has 0 saturated carbocycles. The van der Waals surface area contributed by atoms with Crippen LogP contribution in [0.1, 0.15) is 13.8 Å². The lowest BCUT2D eigenvalue weighted by Crippen LogP contribution is -2.30. The molecular formula is C11H15N5O2S. The van der Waals surface area contributed by atoms with Gasteiger partial charge in [-0.15, -0.1) is 5.10 Å². The Morgan fingerprint density at radius 1 is 1.16 bits per heavy atom. The third kappa shape index (κ3) is 2.64. The second-order valence-corrected chi connectivity index (χ2v) is 5.78. The van der Waals surface area contributed by atoms with Crippen molar-refractivity contribution in [1.29, 1.82) is 0 Å². The Morgan fingerprint density at radius 2 is 1.79 bits per heavy atom. The third-order valence-corrected chi connectivity index (χ3v) is 4.86. The number of nitrogens with zero attached hydrogens (tertiary/aromatic N) is 5. The molecule has 0 bridgehead atoms. The van der Waals surface area contributed by atoms with Crippen LogP contribution in [0.3, 0.4) is 0 Å². The molecule has 2 rings (SSSR count). The number of aromatic nitrogens is 4. The molecule has 0 N–H and O–H groups in total. The van der Waals surface area contributed by atoms with Gasteiger partial charge >= 0.3 is 0 Å². The van der Waals surface area contributed by atoms with E-state index in [-0.39, 0.29) is 4.90 Å². The van der Waals surface area contributed by atoms with Gasteiger partial charge in [-0.3, -0.25) is 0 Å². The molecule has 1 heterocycles. The van der Waals surface area contributed by atoms with Gasteiger partial charge in [-0.1, -0.05) is 13.8 Å². The van der Waals surface area contributed by atoms with E-state index in [0.29, 0.717) is 18.8 Å². The zero-order valence-corrected chi connectivity index (χ0v) is 11.6. The molecule has 0 spiro atoms. The quantitative estimate of drug-likeness (QED) is 0.805. The summed E-state index contributed by atoms with van der Waals surface area (Å²) in [6.07, 6.45) is 1.45. The Labute approximate surface area is 111 Å². The van der Waals surface area contributed by atoms with Gasteiger partial charge in [0, 0.05) is 13.1 Å². The van der Waals surface area contributed by atoms with E-state index < -0.39 is 10.0 Å². The molecule has 1 aromatic carbocycles. The number of benzene rings is 1.